The van der Waals surface area contributed by atoms with Gasteiger partial charge in [0.15, 0.2) is 12.2 Å². The Hall–Kier alpha value is -6.86. The zero-order valence-corrected chi connectivity index (χ0v) is 34.5. The van der Waals surface area contributed by atoms with Gasteiger partial charge in [-0.15, -0.1) is 0 Å². The smallest absolute Gasteiger partial charge is 0.408 e. The maximum absolute atomic E-state index is 13.7. The molecule has 62 heavy (non-hydrogen) atoms. The highest BCUT2D eigenvalue weighted by Crippen LogP contribution is 2.28. The van der Waals surface area contributed by atoms with Crippen molar-refractivity contribution in [3.63, 3.8) is 0 Å². The predicted molar refractivity (Wildman–Crippen MR) is 219 cm³/mol. The number of carbonyl (C=O) groups is 8. The molecule has 1 aliphatic heterocycles. The van der Waals surface area contributed by atoms with E-state index in [4.69, 9.17) is 9.47 Å². The van der Waals surface area contributed by atoms with E-state index in [2.05, 4.69) is 21.4 Å². The Morgan fingerprint density at radius 1 is 0.677 bits per heavy atom. The van der Waals surface area contributed by atoms with Gasteiger partial charge in [-0.3, -0.25) is 39.0 Å². The molecule has 19 nitrogen and oxygen atoms in total. The first-order chi connectivity index (χ1) is 29.6. The van der Waals surface area contributed by atoms with Gasteiger partial charge in [0, 0.05) is 19.5 Å². The summed E-state index contributed by atoms with van der Waals surface area (Å²) in [7, 11) is 0. The molecule has 0 saturated carbocycles. The first-order valence-electron chi connectivity index (χ1n) is 19.9. The lowest BCUT2D eigenvalue weighted by atomic mass is 9.97. The number of alkyl carbamates (subject to hydrolysis) is 1. The summed E-state index contributed by atoms with van der Waals surface area (Å²) in [6.45, 7) is 3.62. The van der Waals surface area contributed by atoms with E-state index in [0.29, 0.717) is 17.0 Å². The van der Waals surface area contributed by atoms with Crippen molar-refractivity contribution in [1.29, 1.82) is 0 Å². The number of aliphatic carboxylic acids is 2. The van der Waals surface area contributed by atoms with Crippen LogP contribution in [0.1, 0.15) is 56.7 Å². The third-order valence-electron chi connectivity index (χ3n) is 9.85. The minimum Gasteiger partial charge on any atom is -0.481 e. The van der Waals surface area contributed by atoms with Crippen LogP contribution in [0.5, 0.6) is 0 Å². The van der Waals surface area contributed by atoms with Gasteiger partial charge in [0.25, 0.3) is 17.7 Å². The quantitative estimate of drug-likeness (QED) is 0.0558. The number of hydrogen-bond donors (Lipinski definition) is 7. The third-order valence-corrected chi connectivity index (χ3v) is 9.85. The molecule has 3 aromatic carbocycles. The highest BCUT2D eigenvalue weighted by molar-refractivity contribution is 5.98. The first kappa shape index (κ1) is 47.8. The number of carboxylic acids is 2. The lowest BCUT2D eigenvalue weighted by Gasteiger charge is -2.29. The fraction of sp³-hybridized carbons (Fsp3) is 0.395. The first-order valence-corrected chi connectivity index (χ1v) is 19.9. The number of nitrogens with zero attached hydrogens (tertiary/aromatic N) is 2. The van der Waals surface area contributed by atoms with Crippen molar-refractivity contribution in [2.24, 2.45) is 5.92 Å². The topological polar surface area (TPSA) is 274 Å². The second-order valence-corrected chi connectivity index (χ2v) is 14.7. The number of aliphatic hydroxyl groups is 1. The van der Waals surface area contributed by atoms with E-state index in [1.54, 1.807) is 68.4 Å². The van der Waals surface area contributed by atoms with Gasteiger partial charge >= 0.3 is 18.0 Å². The van der Waals surface area contributed by atoms with E-state index in [9.17, 15) is 53.7 Å². The molecule has 0 radical (unpaired) electrons. The number of carbonyl (C=O) groups excluding carboxylic acids is 6. The average molecular weight is 861 g/mol. The Balaban J connectivity index is 1.45. The number of aliphatic hydroxyl groups excluding tert-OH is 1. The van der Waals surface area contributed by atoms with Crippen molar-refractivity contribution in [3.8, 4) is 0 Å². The number of nitrogens with one attached hydrogen (secondary N) is 4. The summed E-state index contributed by atoms with van der Waals surface area (Å²) in [5, 5.41) is 37.1. The average Bonchev–Trinajstić information content (AvgIpc) is 4.06. The number of amides is 6. The maximum atomic E-state index is 13.7. The molecule has 0 aromatic heterocycles. The number of benzene rings is 3. The van der Waals surface area contributed by atoms with Gasteiger partial charge < -0.3 is 45.6 Å². The molecule has 0 bridgehead atoms. The third kappa shape index (κ3) is 14.7. The summed E-state index contributed by atoms with van der Waals surface area (Å²) >= 11 is 0. The van der Waals surface area contributed by atoms with Crippen LogP contribution in [0, 0.1) is 5.92 Å². The molecule has 1 heterocycles. The zero-order chi connectivity index (χ0) is 45.3. The molecule has 1 saturated heterocycles. The molecule has 7 N–H and O–H groups in total. The van der Waals surface area contributed by atoms with Gasteiger partial charge in [-0.1, -0.05) is 111 Å². The zero-order valence-electron chi connectivity index (χ0n) is 34.5. The maximum Gasteiger partial charge on any atom is 0.408 e. The fourth-order valence-corrected chi connectivity index (χ4v) is 6.20. The van der Waals surface area contributed by atoms with E-state index < -0.39 is 109 Å². The molecular weight excluding hydrogens is 809 g/mol. The van der Waals surface area contributed by atoms with Crippen molar-refractivity contribution in [1.82, 2.24) is 31.3 Å². The van der Waals surface area contributed by atoms with Gasteiger partial charge in [0.05, 0.1) is 6.10 Å². The van der Waals surface area contributed by atoms with Crippen LogP contribution < -0.4 is 21.4 Å². The number of epoxide rings is 1. The van der Waals surface area contributed by atoms with Crippen LogP contribution in [0.2, 0.25) is 0 Å². The lowest BCUT2D eigenvalue weighted by molar-refractivity contribution is -0.152. The number of hydrazine groups is 1. The van der Waals surface area contributed by atoms with E-state index in [-0.39, 0.29) is 19.7 Å². The molecular formula is C43H52N6O13. The van der Waals surface area contributed by atoms with Crippen LogP contribution in [-0.4, -0.2) is 116 Å². The molecule has 6 amide bonds. The van der Waals surface area contributed by atoms with Crippen LogP contribution in [0.3, 0.4) is 0 Å². The van der Waals surface area contributed by atoms with Crippen LogP contribution in [-0.2, 0) is 62.7 Å². The van der Waals surface area contributed by atoms with Crippen molar-refractivity contribution in [2.75, 3.05) is 6.54 Å². The van der Waals surface area contributed by atoms with Crippen LogP contribution in [0.4, 0.5) is 4.79 Å². The lowest BCUT2D eigenvalue weighted by Crippen LogP contribution is -2.62. The second kappa shape index (κ2) is 23.2. The minimum atomic E-state index is -1.89. The van der Waals surface area contributed by atoms with Gasteiger partial charge in [-0.25, -0.2) is 9.80 Å². The fourth-order valence-electron chi connectivity index (χ4n) is 6.20. The summed E-state index contributed by atoms with van der Waals surface area (Å²) in [6.07, 6.45) is -6.17. The predicted octanol–water partition coefficient (Wildman–Crippen LogP) is 1.48. The highest BCUT2D eigenvalue weighted by atomic mass is 16.6. The van der Waals surface area contributed by atoms with Crippen molar-refractivity contribution in [3.05, 3.63) is 108 Å². The number of ether oxygens (including phenoxy) is 2. The van der Waals surface area contributed by atoms with E-state index in [1.807, 2.05) is 36.4 Å². The monoisotopic (exact) mass is 860 g/mol. The number of carboxylic acid groups (broad SMARTS) is 2. The Bertz CT molecular complexity index is 1980. The molecule has 0 aliphatic carbocycles. The Labute approximate surface area is 357 Å². The molecule has 0 spiro atoms. The van der Waals surface area contributed by atoms with E-state index in [0.717, 1.165) is 18.1 Å². The van der Waals surface area contributed by atoms with Crippen molar-refractivity contribution in [2.45, 2.75) is 96.2 Å². The Morgan fingerprint density at radius 3 is 1.71 bits per heavy atom. The highest BCUT2D eigenvalue weighted by Gasteiger charge is 2.54. The van der Waals surface area contributed by atoms with Crippen molar-refractivity contribution < 1.29 is 63.1 Å². The largest absolute Gasteiger partial charge is 0.481 e. The van der Waals surface area contributed by atoms with E-state index >= 15 is 0 Å². The molecule has 1 fully saturated rings. The summed E-state index contributed by atoms with van der Waals surface area (Å²) in [6, 6.07) is 22.1. The number of hydrogen-bond acceptors (Lipinski definition) is 11. The second-order valence-electron chi connectivity index (χ2n) is 14.7. The molecule has 7 atom stereocenters. The molecule has 3 aromatic rings. The Morgan fingerprint density at radius 2 is 1.21 bits per heavy atom. The summed E-state index contributed by atoms with van der Waals surface area (Å²) in [4.78, 5) is 106. The van der Waals surface area contributed by atoms with Crippen molar-refractivity contribution >= 4 is 47.6 Å². The van der Waals surface area contributed by atoms with Crippen LogP contribution >= 0.6 is 0 Å². The standard InChI is InChI=1S/C43H52N6O13/c1-4-26(2)34(46-43(60)61-25-30-18-12-7-13-19-30)39(56)44-31(20-21-32(51)52)38(55)45-35(27(3)50)40(57)47-49(24-33(53)54)42(59)37-36(62-37)41(58)48(22-28-14-8-5-9-15-28)23-29-16-10-6-11-17-29/h5-19,26-27,31,34-37,50H,4,20-25H2,1-3H3,(H,44,56)(H,45,55)(H,46,60)(H,47,57)(H,51,52)(H,53,54)/t26-,27+,31-,34-,35-,36-,37-/m0/s1. The van der Waals surface area contributed by atoms with E-state index in [1.165, 1.54) is 4.90 Å². The summed E-state index contributed by atoms with van der Waals surface area (Å²) < 4.78 is 10.7. The normalized spacial score (nSPS) is 16.5. The molecule has 1 aliphatic rings. The van der Waals surface area contributed by atoms with Gasteiger partial charge in [0.2, 0.25) is 11.8 Å². The van der Waals surface area contributed by atoms with Gasteiger partial charge in [0.1, 0.15) is 31.3 Å². The van der Waals surface area contributed by atoms with Crippen LogP contribution in [0.25, 0.3) is 0 Å². The summed E-state index contributed by atoms with van der Waals surface area (Å²) in [5.41, 5.74) is 4.36. The molecule has 19 heteroatoms. The van der Waals surface area contributed by atoms with Gasteiger partial charge in [-0.05, 0) is 36.0 Å². The molecule has 0 unspecified atom stereocenters. The summed E-state index contributed by atoms with van der Waals surface area (Å²) in [5.74, 6) is -8.35. The SMILES string of the molecule is CC[C@H](C)[C@H](NC(=O)OCc1ccccc1)C(=O)N[C@@H](CCC(=O)O)C(=O)N[C@H](C(=O)NN(CC(=O)O)C(=O)[C@H]1O[C@@H]1C(=O)N(Cc1ccccc1)Cc1ccccc1)[C@@H](C)O. The molecule has 4 rings (SSSR count). The molecule has 332 valence electrons. The number of rotatable bonds is 22. The van der Waals surface area contributed by atoms with Crippen LogP contribution in [0.15, 0.2) is 91.0 Å². The minimum absolute atomic E-state index is 0.0993. The Kier molecular flexibility index (Phi) is 17.9. The van der Waals surface area contributed by atoms with Gasteiger partial charge in [-0.2, -0.15) is 0 Å².